The van der Waals surface area contributed by atoms with E-state index < -0.39 is 11.7 Å². The van der Waals surface area contributed by atoms with E-state index in [0.717, 1.165) is 12.8 Å². The fraction of sp³-hybridized carbons (Fsp3) is 0.857. The summed E-state index contributed by atoms with van der Waals surface area (Å²) in [7, 11) is 1.56. The lowest BCUT2D eigenvalue weighted by Gasteiger charge is -2.63. The van der Waals surface area contributed by atoms with Crippen LogP contribution < -0.4 is 0 Å². The van der Waals surface area contributed by atoms with Crippen LogP contribution in [0, 0.1) is 70.0 Å². The third-order valence-electron chi connectivity index (χ3n) is 10.9. The van der Waals surface area contributed by atoms with Crippen molar-refractivity contribution in [2.45, 2.75) is 31.7 Å². The summed E-state index contributed by atoms with van der Waals surface area (Å²) in [6, 6.07) is 0. The van der Waals surface area contributed by atoms with Crippen molar-refractivity contribution in [2.75, 3.05) is 7.11 Å². The molecule has 0 aromatic rings. The predicted octanol–water partition coefficient (Wildman–Crippen LogP) is 1.83. The van der Waals surface area contributed by atoms with E-state index in [1.54, 1.807) is 7.11 Å². The number of carbonyl (C=O) groups is 1. The van der Waals surface area contributed by atoms with Crippen LogP contribution in [0.25, 0.3) is 0 Å². The fourth-order valence-electron chi connectivity index (χ4n) is 11.6. The summed E-state index contributed by atoms with van der Waals surface area (Å²) in [5, 5.41) is 11.4. The molecule has 8 bridgehead atoms. The molecule has 1 saturated heterocycles. The number of aliphatic hydroxyl groups is 1. The van der Waals surface area contributed by atoms with Gasteiger partial charge in [-0.3, -0.25) is 4.79 Å². The van der Waals surface area contributed by atoms with Gasteiger partial charge in [-0.1, -0.05) is 12.2 Å². The molecule has 7 saturated carbocycles. The summed E-state index contributed by atoms with van der Waals surface area (Å²) in [6.07, 6.45) is 7.61. The van der Waals surface area contributed by atoms with E-state index in [4.69, 9.17) is 9.47 Å². The quantitative estimate of drug-likeness (QED) is 0.584. The number of hydrogen-bond acceptors (Lipinski definition) is 4. The monoisotopic (exact) mass is 340 g/mol. The molecule has 1 heterocycles. The smallest absolute Gasteiger partial charge is 0.313 e. The fourth-order valence-corrected chi connectivity index (χ4v) is 11.6. The van der Waals surface area contributed by atoms with Crippen LogP contribution in [0.5, 0.6) is 0 Å². The second kappa shape index (κ2) is 3.47. The number of carbonyl (C=O) groups excluding carboxylic acids is 1. The Morgan fingerprint density at radius 3 is 2.80 bits per heavy atom. The summed E-state index contributed by atoms with van der Waals surface area (Å²) in [5.74, 6) is 5.55. The Labute approximate surface area is 146 Å². The number of fused-ring (bicyclic) bond motifs is 1. The first-order valence-electron chi connectivity index (χ1n) is 10.3. The third kappa shape index (κ3) is 0.867. The average Bonchev–Trinajstić information content (AvgIpc) is 3.36. The van der Waals surface area contributed by atoms with Crippen molar-refractivity contribution in [3.8, 4) is 0 Å². The van der Waals surface area contributed by atoms with E-state index >= 15 is 0 Å². The number of hydrogen-bond donors (Lipinski definition) is 1. The summed E-state index contributed by atoms with van der Waals surface area (Å²) in [6.45, 7) is 0. The molecule has 0 unspecified atom stereocenters. The van der Waals surface area contributed by atoms with Crippen LogP contribution in [-0.2, 0) is 14.3 Å². The first-order valence-corrected chi connectivity index (χ1v) is 10.3. The average molecular weight is 340 g/mol. The minimum Gasteiger partial charge on any atom is -0.469 e. The Morgan fingerprint density at radius 1 is 1.12 bits per heavy atom. The Morgan fingerprint density at radius 2 is 1.96 bits per heavy atom. The summed E-state index contributed by atoms with van der Waals surface area (Å²) >= 11 is 0. The molecule has 0 amide bonds. The lowest BCUT2D eigenvalue weighted by atomic mass is 9.42. The van der Waals surface area contributed by atoms with Gasteiger partial charge in [0.05, 0.1) is 18.6 Å². The zero-order valence-corrected chi connectivity index (χ0v) is 14.4. The second-order valence-corrected chi connectivity index (χ2v) is 10.3. The van der Waals surface area contributed by atoms with Gasteiger partial charge in [0, 0.05) is 5.41 Å². The maximum Gasteiger partial charge on any atom is 0.313 e. The maximum absolute atomic E-state index is 13.5. The minimum atomic E-state index is -0.758. The van der Waals surface area contributed by atoms with Crippen molar-refractivity contribution in [1.82, 2.24) is 0 Å². The third-order valence-corrected chi connectivity index (χ3v) is 10.9. The number of allylic oxidation sites excluding steroid dienone is 2. The second-order valence-electron chi connectivity index (χ2n) is 10.3. The van der Waals surface area contributed by atoms with Gasteiger partial charge in [-0.2, -0.15) is 0 Å². The molecule has 4 heteroatoms. The first-order chi connectivity index (χ1) is 12.2. The molecule has 1 spiro atoms. The standard InChI is InChI=1S/C21H24O4/c1-24-18(22)20-14-7-3-2-4-8(7)15-12(14)13-16(20)9-5-6-10-11(9)17(13)21(15,20)19(23)25-10/h2-3,7-17,19,23H,4-6H2,1H3/t7-,8+,9-,10-,11-,12-,13-,14+,15+,16-,17-,19-,20-,21-/m1/s1. The highest BCUT2D eigenvalue weighted by atomic mass is 16.6. The molecule has 14 atom stereocenters. The van der Waals surface area contributed by atoms with Crippen molar-refractivity contribution < 1.29 is 19.4 Å². The van der Waals surface area contributed by atoms with Gasteiger partial charge in [-0.15, -0.1) is 0 Å². The Hall–Kier alpha value is -0.870. The topological polar surface area (TPSA) is 55.8 Å². The molecule has 9 aliphatic rings. The number of esters is 1. The largest absolute Gasteiger partial charge is 0.469 e. The van der Waals surface area contributed by atoms with Gasteiger partial charge in [0.25, 0.3) is 0 Å². The highest BCUT2D eigenvalue weighted by molar-refractivity contribution is 5.84. The van der Waals surface area contributed by atoms with Gasteiger partial charge in [-0.25, -0.2) is 0 Å². The Bertz CT molecular complexity index is 772. The molecule has 8 aliphatic carbocycles. The van der Waals surface area contributed by atoms with Gasteiger partial charge in [0.15, 0.2) is 6.29 Å². The lowest BCUT2D eigenvalue weighted by molar-refractivity contribution is -0.325. The highest BCUT2D eigenvalue weighted by Gasteiger charge is 3.01. The molecule has 9 rings (SSSR count). The zero-order chi connectivity index (χ0) is 16.5. The first kappa shape index (κ1) is 13.3. The predicted molar refractivity (Wildman–Crippen MR) is 85.7 cm³/mol. The Balaban J connectivity index is 1.48. The van der Waals surface area contributed by atoms with Crippen LogP contribution in [0.2, 0.25) is 0 Å². The van der Waals surface area contributed by atoms with Crippen molar-refractivity contribution in [1.29, 1.82) is 0 Å². The molecule has 0 radical (unpaired) electrons. The maximum atomic E-state index is 13.5. The normalized spacial score (nSPS) is 73.7. The van der Waals surface area contributed by atoms with E-state index in [9.17, 15) is 9.90 Å². The summed E-state index contributed by atoms with van der Waals surface area (Å²) in [4.78, 5) is 13.5. The lowest BCUT2D eigenvalue weighted by Crippen LogP contribution is -2.69. The Kier molecular flexibility index (Phi) is 1.85. The molecule has 1 N–H and O–H groups in total. The SMILES string of the molecule is COC(=O)[C@@]12[C@@H]3[C@@H]4CC[C@H]5O[C@@H](O)[C@@]16[C@@H]([C@@H]3[C@@H]1[C@@H]2[C@@H]2C=CC[C@@H]2[C@@H]16)[C@H]45. The molecule has 132 valence electrons. The summed E-state index contributed by atoms with van der Waals surface area (Å²) < 4.78 is 11.8. The molecule has 1 aliphatic heterocycles. The number of aliphatic hydroxyl groups excluding tert-OH is 1. The van der Waals surface area contributed by atoms with Crippen molar-refractivity contribution in [2.24, 2.45) is 70.0 Å². The number of ether oxygens (including phenoxy) is 2. The van der Waals surface area contributed by atoms with E-state index in [1.807, 2.05) is 0 Å². The molecule has 0 aromatic heterocycles. The van der Waals surface area contributed by atoms with Gasteiger partial charge in [0.2, 0.25) is 0 Å². The van der Waals surface area contributed by atoms with Gasteiger partial charge in [0.1, 0.15) is 0 Å². The van der Waals surface area contributed by atoms with E-state index in [-0.39, 0.29) is 17.5 Å². The summed E-state index contributed by atoms with van der Waals surface area (Å²) in [5.41, 5.74) is -0.794. The van der Waals surface area contributed by atoms with Crippen LogP contribution in [-0.4, -0.2) is 30.6 Å². The van der Waals surface area contributed by atoms with E-state index in [0.29, 0.717) is 59.2 Å². The van der Waals surface area contributed by atoms with Gasteiger partial charge < -0.3 is 14.6 Å². The molecule has 8 fully saturated rings. The van der Waals surface area contributed by atoms with Crippen LogP contribution in [0.15, 0.2) is 12.2 Å². The zero-order valence-electron chi connectivity index (χ0n) is 14.4. The van der Waals surface area contributed by atoms with Gasteiger partial charge in [-0.05, 0) is 78.4 Å². The van der Waals surface area contributed by atoms with E-state index in [2.05, 4.69) is 12.2 Å². The van der Waals surface area contributed by atoms with Gasteiger partial charge >= 0.3 is 5.97 Å². The highest BCUT2D eigenvalue weighted by Crippen LogP contribution is 2.98. The minimum absolute atomic E-state index is 0.00907. The molecule has 4 nitrogen and oxygen atoms in total. The van der Waals surface area contributed by atoms with Crippen molar-refractivity contribution in [3.63, 3.8) is 0 Å². The van der Waals surface area contributed by atoms with E-state index in [1.165, 1.54) is 6.42 Å². The molecule has 25 heavy (non-hydrogen) atoms. The van der Waals surface area contributed by atoms with Crippen LogP contribution in [0.1, 0.15) is 19.3 Å². The van der Waals surface area contributed by atoms with Crippen LogP contribution >= 0.6 is 0 Å². The molecular weight excluding hydrogens is 316 g/mol. The van der Waals surface area contributed by atoms with Crippen LogP contribution in [0.4, 0.5) is 0 Å². The van der Waals surface area contributed by atoms with Crippen molar-refractivity contribution >= 4 is 5.97 Å². The van der Waals surface area contributed by atoms with Crippen molar-refractivity contribution in [3.05, 3.63) is 12.2 Å². The molecule has 0 aromatic carbocycles. The number of rotatable bonds is 1. The number of methoxy groups -OCH3 is 1. The molecular formula is C21H24O4. The van der Waals surface area contributed by atoms with Crippen LogP contribution in [0.3, 0.4) is 0 Å².